The second-order valence-electron chi connectivity index (χ2n) is 7.46. The third-order valence-electron chi connectivity index (χ3n) is 5.29. The number of anilines is 1. The molecule has 2 aromatic carbocycles. The van der Waals surface area contributed by atoms with Crippen LogP contribution in [0.3, 0.4) is 0 Å². The van der Waals surface area contributed by atoms with E-state index in [4.69, 9.17) is 10.3 Å². The quantitative estimate of drug-likeness (QED) is 0.265. The Morgan fingerprint density at radius 3 is 2.62 bits per heavy atom. The number of aliphatic imine (C=N–C) groups is 1. The molecular formula is C21H18BrFN7O3P. The van der Waals surface area contributed by atoms with Gasteiger partial charge in [0.25, 0.3) is 13.1 Å². The average molecular weight is 546 g/mol. The van der Waals surface area contributed by atoms with Crippen LogP contribution in [0.1, 0.15) is 17.7 Å². The lowest BCUT2D eigenvalue weighted by atomic mass is 10.2. The molecule has 3 aromatic rings. The minimum absolute atomic E-state index is 0.123. The van der Waals surface area contributed by atoms with Crippen molar-refractivity contribution in [2.24, 2.45) is 4.99 Å². The Morgan fingerprint density at radius 1 is 1.29 bits per heavy atom. The second-order valence-corrected chi connectivity index (χ2v) is 10.7. The van der Waals surface area contributed by atoms with Crippen molar-refractivity contribution in [1.29, 1.82) is 5.26 Å². The first-order chi connectivity index (χ1) is 16.2. The van der Waals surface area contributed by atoms with Crippen molar-refractivity contribution in [3.63, 3.8) is 0 Å². The maximum absolute atomic E-state index is 14.7. The van der Waals surface area contributed by atoms with Crippen LogP contribution < -0.4 is 10.4 Å². The summed E-state index contributed by atoms with van der Waals surface area (Å²) in [6.45, 7) is 1.95. The molecule has 13 heteroatoms. The Kier molecular flexibility index (Phi) is 6.25. The molecule has 1 N–H and O–H groups in total. The number of benzene rings is 2. The van der Waals surface area contributed by atoms with Crippen LogP contribution in [0.5, 0.6) is 0 Å². The molecule has 0 bridgehead atoms. The van der Waals surface area contributed by atoms with Gasteiger partial charge >= 0.3 is 0 Å². The highest BCUT2D eigenvalue weighted by Gasteiger charge is 2.43. The van der Waals surface area contributed by atoms with Crippen LogP contribution in [0.4, 0.5) is 21.6 Å². The number of non-ortho nitro benzene ring substituents is 1. The van der Waals surface area contributed by atoms with Gasteiger partial charge < -0.3 is 5.09 Å². The monoisotopic (exact) mass is 545 g/mol. The highest BCUT2D eigenvalue weighted by atomic mass is 79.9. The van der Waals surface area contributed by atoms with Gasteiger partial charge in [-0.3, -0.25) is 19.3 Å². The standard InChI is InChI=1S/C21H18BrFN7O3P/c1-13-19-21(29(26-13)11-3-10-24)25-20(14-4-6-15(23)7-5-14)28(2)34(19,33)27-18-9-8-16(30(31)32)12-17(18)22/h4-9,12H,3,11H2,1-2H3,(H,27,33)/t34-/m0/s1. The third kappa shape index (κ3) is 4.08. The van der Waals surface area contributed by atoms with E-state index in [1.165, 1.54) is 51.8 Å². The van der Waals surface area contributed by atoms with E-state index in [-0.39, 0.29) is 18.7 Å². The van der Waals surface area contributed by atoms with Crippen LogP contribution in [-0.2, 0) is 11.1 Å². The molecule has 4 rings (SSSR count). The number of fused-ring (bicyclic) bond motifs is 1. The highest BCUT2D eigenvalue weighted by molar-refractivity contribution is 9.10. The lowest BCUT2D eigenvalue weighted by molar-refractivity contribution is -0.384. The van der Waals surface area contributed by atoms with Crippen LogP contribution in [0.25, 0.3) is 0 Å². The zero-order valence-corrected chi connectivity index (χ0v) is 20.5. The van der Waals surface area contributed by atoms with Gasteiger partial charge in [-0.2, -0.15) is 10.4 Å². The van der Waals surface area contributed by atoms with Crippen LogP contribution in [0, 0.1) is 34.2 Å². The number of nitro benzene ring substituents is 1. The number of aryl methyl sites for hydroxylation is 2. The van der Waals surface area contributed by atoms with Gasteiger partial charge in [0.1, 0.15) is 17.0 Å². The van der Waals surface area contributed by atoms with Crippen LogP contribution in [0.2, 0.25) is 0 Å². The molecule has 0 saturated carbocycles. The number of nitrogens with one attached hydrogen (secondary N) is 1. The average Bonchev–Trinajstić information content (AvgIpc) is 3.12. The lowest BCUT2D eigenvalue weighted by Gasteiger charge is -2.35. The van der Waals surface area contributed by atoms with Crippen molar-refractivity contribution >= 4 is 51.7 Å². The van der Waals surface area contributed by atoms with Gasteiger partial charge in [0.2, 0.25) is 0 Å². The molecule has 0 radical (unpaired) electrons. The van der Waals surface area contributed by atoms with Crippen molar-refractivity contribution in [3.05, 3.63) is 74.1 Å². The smallest absolute Gasteiger partial charge is 0.296 e. The summed E-state index contributed by atoms with van der Waals surface area (Å²) >= 11 is 3.32. The van der Waals surface area contributed by atoms with E-state index in [0.29, 0.717) is 38.4 Å². The highest BCUT2D eigenvalue weighted by Crippen LogP contribution is 2.54. The van der Waals surface area contributed by atoms with Crippen molar-refractivity contribution in [2.45, 2.75) is 19.9 Å². The number of nitro groups is 1. The summed E-state index contributed by atoms with van der Waals surface area (Å²) in [7, 11) is -2.07. The number of amidine groups is 1. The summed E-state index contributed by atoms with van der Waals surface area (Å²) in [6.07, 6.45) is 0.177. The molecule has 2 heterocycles. The number of hydrogen-bond donors (Lipinski definition) is 1. The van der Waals surface area contributed by atoms with Gasteiger partial charge in [-0.15, -0.1) is 0 Å². The van der Waals surface area contributed by atoms with Crippen molar-refractivity contribution in [2.75, 3.05) is 12.1 Å². The van der Waals surface area contributed by atoms with E-state index >= 15 is 0 Å². The van der Waals surface area contributed by atoms with Gasteiger partial charge in [-0.25, -0.2) is 14.1 Å². The Bertz CT molecular complexity index is 1410. The Labute approximate surface area is 202 Å². The Hall–Kier alpha value is -3.55. The van der Waals surface area contributed by atoms with E-state index in [0.717, 1.165) is 0 Å². The molecule has 0 fully saturated rings. The molecule has 0 spiro atoms. The first-order valence-corrected chi connectivity index (χ1v) is 12.5. The fourth-order valence-corrected chi connectivity index (χ4v) is 6.70. The van der Waals surface area contributed by atoms with E-state index in [1.807, 2.05) is 0 Å². The van der Waals surface area contributed by atoms with Gasteiger partial charge in [-0.1, -0.05) is 0 Å². The van der Waals surface area contributed by atoms with E-state index in [9.17, 15) is 19.1 Å². The van der Waals surface area contributed by atoms with Gasteiger partial charge in [-0.05, 0) is 53.2 Å². The number of halogens is 2. The summed E-state index contributed by atoms with van der Waals surface area (Å²) in [5.74, 6) is 0.230. The predicted molar refractivity (Wildman–Crippen MR) is 129 cm³/mol. The summed E-state index contributed by atoms with van der Waals surface area (Å²) in [5.41, 5.74) is 1.25. The minimum Gasteiger partial charge on any atom is -0.316 e. The molecule has 34 heavy (non-hydrogen) atoms. The van der Waals surface area contributed by atoms with E-state index in [1.54, 1.807) is 14.0 Å². The number of nitrogens with zero attached hydrogens (tertiary/aromatic N) is 6. The van der Waals surface area contributed by atoms with Crippen LogP contribution in [0.15, 0.2) is 51.9 Å². The maximum Gasteiger partial charge on any atom is 0.296 e. The molecule has 1 aromatic heterocycles. The topological polar surface area (TPSA) is 129 Å². The molecule has 0 aliphatic carbocycles. The SMILES string of the molecule is Cc1nn(CCC#N)c2c1[P@](=O)(Nc1ccc([N+](=O)[O-])cc1Br)N(C)C(c1ccc(F)cc1)=N2. The molecule has 1 aliphatic rings. The number of hydrogen-bond acceptors (Lipinski definition) is 6. The Balaban J connectivity index is 1.89. The summed E-state index contributed by atoms with van der Waals surface area (Å²) in [6, 6.07) is 11.8. The molecule has 174 valence electrons. The van der Waals surface area contributed by atoms with Crippen molar-refractivity contribution in [3.8, 4) is 6.07 Å². The first-order valence-electron chi connectivity index (χ1n) is 10.0. The van der Waals surface area contributed by atoms with Crippen molar-refractivity contribution < 1.29 is 13.9 Å². The zero-order chi connectivity index (χ0) is 24.6. The molecule has 10 nitrogen and oxygen atoms in total. The van der Waals surface area contributed by atoms with E-state index in [2.05, 4.69) is 32.2 Å². The second kappa shape index (κ2) is 9.00. The molecule has 1 aliphatic heterocycles. The fraction of sp³-hybridized carbons (Fsp3) is 0.190. The lowest BCUT2D eigenvalue weighted by Crippen LogP contribution is -2.36. The largest absolute Gasteiger partial charge is 0.316 e. The number of nitriles is 1. The van der Waals surface area contributed by atoms with Crippen LogP contribution in [-0.4, -0.2) is 32.3 Å². The predicted octanol–water partition coefficient (Wildman–Crippen LogP) is 4.87. The van der Waals surface area contributed by atoms with Crippen LogP contribution >= 0.6 is 23.4 Å². The first kappa shape index (κ1) is 23.6. The van der Waals surface area contributed by atoms with Gasteiger partial charge in [0, 0.05) is 29.2 Å². The molecular weight excluding hydrogens is 528 g/mol. The fourth-order valence-electron chi connectivity index (χ4n) is 3.65. The normalized spacial score (nSPS) is 17.0. The summed E-state index contributed by atoms with van der Waals surface area (Å²) < 4.78 is 31.6. The van der Waals surface area contributed by atoms with E-state index < -0.39 is 18.2 Å². The Morgan fingerprint density at radius 2 is 2.00 bits per heavy atom. The molecule has 0 saturated heterocycles. The van der Waals surface area contributed by atoms with Crippen molar-refractivity contribution in [1.82, 2.24) is 14.5 Å². The third-order valence-corrected chi connectivity index (χ3v) is 8.65. The minimum atomic E-state index is -3.67. The maximum atomic E-state index is 14.7. The zero-order valence-electron chi connectivity index (χ0n) is 18.1. The van der Waals surface area contributed by atoms with Gasteiger partial charge in [0.15, 0.2) is 5.82 Å². The number of aromatic nitrogens is 2. The molecule has 0 amide bonds. The summed E-state index contributed by atoms with van der Waals surface area (Å²) in [4.78, 5) is 15.3. The molecule has 0 unspecified atom stereocenters. The van der Waals surface area contributed by atoms with Gasteiger partial charge in [0.05, 0.1) is 35.3 Å². The molecule has 1 atom stereocenters. The summed E-state index contributed by atoms with van der Waals surface area (Å²) in [5, 5.41) is 28.0. The number of rotatable bonds is 6.